The molecule has 0 saturated carbocycles. The van der Waals surface area contributed by atoms with Crippen molar-refractivity contribution in [2.45, 2.75) is 19.4 Å². The van der Waals surface area contributed by atoms with Crippen molar-refractivity contribution in [3.8, 4) is 11.3 Å². The van der Waals surface area contributed by atoms with Gasteiger partial charge in [0.1, 0.15) is 0 Å². The van der Waals surface area contributed by atoms with Gasteiger partial charge < -0.3 is 19.0 Å². The molecule has 4 rings (SSSR count). The number of halogens is 1. The minimum Gasteiger partial charge on any atom is -0.441 e. The number of morpholine rings is 1. The third kappa shape index (κ3) is 5.46. The van der Waals surface area contributed by atoms with Crippen LogP contribution in [0.25, 0.3) is 11.3 Å². The first-order valence-corrected chi connectivity index (χ1v) is 10.8. The second-order valence-electron chi connectivity index (χ2n) is 7.60. The quantitative estimate of drug-likeness (QED) is 0.545. The molecule has 0 spiro atoms. The molecule has 1 fully saturated rings. The molecule has 1 aliphatic rings. The highest BCUT2D eigenvalue weighted by molar-refractivity contribution is 6.30. The molecule has 1 saturated heterocycles. The average molecular weight is 440 g/mol. The minimum absolute atomic E-state index is 0.0584. The molecule has 3 aromatic rings. The molecule has 31 heavy (non-hydrogen) atoms. The minimum atomic E-state index is 0.0584. The van der Waals surface area contributed by atoms with Crippen molar-refractivity contribution in [1.82, 2.24) is 9.88 Å². The van der Waals surface area contributed by atoms with Crippen LogP contribution < -0.4 is 4.90 Å². The van der Waals surface area contributed by atoms with E-state index in [0.29, 0.717) is 36.1 Å². The van der Waals surface area contributed by atoms with Crippen LogP contribution >= 0.6 is 11.6 Å². The maximum absolute atomic E-state index is 12.7. The SMILES string of the molecule is CN(Cc1ccccc1N1CCOCC1)C(=O)CCc1ncc(-c2ccc(Cl)cc2)o1. The lowest BCUT2D eigenvalue weighted by Crippen LogP contribution is -2.37. The highest BCUT2D eigenvalue weighted by atomic mass is 35.5. The van der Waals surface area contributed by atoms with Crippen molar-refractivity contribution < 1.29 is 13.9 Å². The van der Waals surface area contributed by atoms with Gasteiger partial charge in [0.15, 0.2) is 11.7 Å². The Morgan fingerprint density at radius 2 is 1.87 bits per heavy atom. The van der Waals surface area contributed by atoms with Crippen molar-refractivity contribution in [3.05, 3.63) is 71.2 Å². The van der Waals surface area contributed by atoms with Gasteiger partial charge in [0.25, 0.3) is 0 Å². The van der Waals surface area contributed by atoms with E-state index in [1.54, 1.807) is 11.1 Å². The molecule has 6 nitrogen and oxygen atoms in total. The molecule has 2 aromatic carbocycles. The molecule has 1 amide bonds. The Morgan fingerprint density at radius 1 is 1.13 bits per heavy atom. The Balaban J connectivity index is 1.34. The number of para-hydroxylation sites is 1. The van der Waals surface area contributed by atoms with Crippen LogP contribution in [0.1, 0.15) is 17.9 Å². The van der Waals surface area contributed by atoms with Gasteiger partial charge in [-0.15, -0.1) is 0 Å². The third-order valence-corrected chi connectivity index (χ3v) is 5.66. The average Bonchev–Trinajstić information content (AvgIpc) is 3.28. The van der Waals surface area contributed by atoms with Gasteiger partial charge >= 0.3 is 0 Å². The number of benzene rings is 2. The first-order valence-electron chi connectivity index (χ1n) is 10.5. The van der Waals surface area contributed by atoms with Gasteiger partial charge in [-0.2, -0.15) is 0 Å². The maximum atomic E-state index is 12.7. The van der Waals surface area contributed by atoms with Crippen LogP contribution in [0.5, 0.6) is 0 Å². The predicted molar refractivity (Wildman–Crippen MR) is 121 cm³/mol. The summed E-state index contributed by atoms with van der Waals surface area (Å²) >= 11 is 5.93. The summed E-state index contributed by atoms with van der Waals surface area (Å²) in [6.45, 7) is 3.77. The number of nitrogens with zero attached hydrogens (tertiary/aromatic N) is 3. The van der Waals surface area contributed by atoms with Crippen LogP contribution in [0.4, 0.5) is 5.69 Å². The van der Waals surface area contributed by atoms with Gasteiger partial charge in [-0.05, 0) is 35.9 Å². The number of aromatic nitrogens is 1. The fourth-order valence-electron chi connectivity index (χ4n) is 3.68. The molecule has 7 heteroatoms. The van der Waals surface area contributed by atoms with Crippen LogP contribution in [0, 0.1) is 0 Å². The first kappa shape index (κ1) is 21.4. The Labute approximate surface area is 187 Å². The van der Waals surface area contributed by atoms with Gasteiger partial charge in [0.05, 0.1) is 19.4 Å². The predicted octanol–water partition coefficient (Wildman–Crippen LogP) is 4.42. The molecule has 0 atom stereocenters. The van der Waals surface area contributed by atoms with Crippen LogP contribution in [-0.4, -0.2) is 49.1 Å². The summed E-state index contributed by atoms with van der Waals surface area (Å²) in [4.78, 5) is 21.1. The van der Waals surface area contributed by atoms with E-state index in [1.807, 2.05) is 43.4 Å². The molecular formula is C24H26ClN3O3. The van der Waals surface area contributed by atoms with Crippen LogP contribution in [0.3, 0.4) is 0 Å². The van der Waals surface area contributed by atoms with Gasteiger partial charge in [-0.25, -0.2) is 4.98 Å². The van der Waals surface area contributed by atoms with Crippen molar-refractivity contribution in [1.29, 1.82) is 0 Å². The number of hydrogen-bond acceptors (Lipinski definition) is 5. The highest BCUT2D eigenvalue weighted by Gasteiger charge is 2.17. The summed E-state index contributed by atoms with van der Waals surface area (Å²) in [6.07, 6.45) is 2.49. The lowest BCUT2D eigenvalue weighted by atomic mass is 10.1. The van der Waals surface area contributed by atoms with Crippen LogP contribution in [-0.2, 0) is 22.5 Å². The van der Waals surface area contributed by atoms with Crippen LogP contribution in [0.15, 0.2) is 59.1 Å². The topological polar surface area (TPSA) is 58.8 Å². The van der Waals surface area contributed by atoms with Gasteiger partial charge in [0.2, 0.25) is 5.91 Å². The van der Waals surface area contributed by atoms with Crippen molar-refractivity contribution in [3.63, 3.8) is 0 Å². The van der Waals surface area contributed by atoms with E-state index in [0.717, 1.165) is 37.4 Å². The fourth-order valence-corrected chi connectivity index (χ4v) is 3.81. The second-order valence-corrected chi connectivity index (χ2v) is 8.04. The van der Waals surface area contributed by atoms with E-state index >= 15 is 0 Å². The molecule has 0 radical (unpaired) electrons. The number of amides is 1. The van der Waals surface area contributed by atoms with E-state index in [-0.39, 0.29) is 5.91 Å². The van der Waals surface area contributed by atoms with Crippen molar-refractivity contribution in [2.24, 2.45) is 0 Å². The number of rotatable bonds is 7. The molecule has 2 heterocycles. The molecule has 1 aliphatic heterocycles. The zero-order valence-corrected chi connectivity index (χ0v) is 18.3. The number of oxazole rings is 1. The smallest absolute Gasteiger partial charge is 0.223 e. The summed E-state index contributed by atoms with van der Waals surface area (Å²) in [5.41, 5.74) is 3.22. The Bertz CT molecular complexity index is 1010. The maximum Gasteiger partial charge on any atom is 0.223 e. The number of anilines is 1. The van der Waals surface area contributed by atoms with E-state index in [2.05, 4.69) is 22.0 Å². The molecule has 0 aliphatic carbocycles. The monoisotopic (exact) mass is 439 g/mol. The molecule has 0 unspecified atom stereocenters. The largest absolute Gasteiger partial charge is 0.441 e. The van der Waals surface area contributed by atoms with Crippen molar-refractivity contribution >= 4 is 23.2 Å². The summed E-state index contributed by atoms with van der Waals surface area (Å²) in [7, 11) is 1.84. The highest BCUT2D eigenvalue weighted by Crippen LogP contribution is 2.24. The number of carbonyl (C=O) groups excluding carboxylic acids is 1. The lowest BCUT2D eigenvalue weighted by molar-refractivity contribution is -0.130. The molecule has 0 bridgehead atoms. The first-order chi connectivity index (χ1) is 15.1. The van der Waals surface area contributed by atoms with Gasteiger partial charge in [-0.3, -0.25) is 4.79 Å². The molecule has 162 valence electrons. The third-order valence-electron chi connectivity index (χ3n) is 5.41. The van der Waals surface area contributed by atoms with E-state index in [1.165, 1.54) is 5.69 Å². The molecule has 0 N–H and O–H groups in total. The number of ether oxygens (including phenoxy) is 1. The second kappa shape index (κ2) is 9.98. The van der Waals surface area contributed by atoms with E-state index in [4.69, 9.17) is 20.8 Å². The van der Waals surface area contributed by atoms with Gasteiger partial charge in [0, 0.05) is 55.8 Å². The summed E-state index contributed by atoms with van der Waals surface area (Å²) in [5.74, 6) is 1.29. The Morgan fingerprint density at radius 3 is 2.65 bits per heavy atom. The lowest BCUT2D eigenvalue weighted by Gasteiger charge is -2.31. The zero-order valence-electron chi connectivity index (χ0n) is 17.6. The number of aryl methyl sites for hydroxylation is 1. The normalized spacial score (nSPS) is 13.9. The Hall–Kier alpha value is -2.83. The zero-order chi connectivity index (χ0) is 21.6. The van der Waals surface area contributed by atoms with E-state index in [9.17, 15) is 4.79 Å². The number of carbonyl (C=O) groups is 1. The van der Waals surface area contributed by atoms with E-state index < -0.39 is 0 Å². The number of hydrogen-bond donors (Lipinski definition) is 0. The van der Waals surface area contributed by atoms with Crippen molar-refractivity contribution in [2.75, 3.05) is 38.3 Å². The Kier molecular flexibility index (Phi) is 6.89. The summed E-state index contributed by atoms with van der Waals surface area (Å²) in [6, 6.07) is 15.7. The summed E-state index contributed by atoms with van der Waals surface area (Å²) in [5, 5.41) is 0.673. The van der Waals surface area contributed by atoms with Gasteiger partial charge in [-0.1, -0.05) is 29.8 Å². The summed E-state index contributed by atoms with van der Waals surface area (Å²) < 4.78 is 11.3. The fraction of sp³-hybridized carbons (Fsp3) is 0.333. The van der Waals surface area contributed by atoms with Crippen LogP contribution in [0.2, 0.25) is 5.02 Å². The molecular weight excluding hydrogens is 414 g/mol. The molecule has 1 aromatic heterocycles. The standard InChI is InChI=1S/C24H26ClN3O3/c1-27(17-19-4-2-3-5-21(19)28-12-14-30-15-13-28)24(29)11-10-23-26-16-22(31-23)18-6-8-20(25)9-7-18/h2-9,16H,10-15,17H2,1H3.